The summed E-state index contributed by atoms with van der Waals surface area (Å²) in [4.78, 5) is 16.8. The number of hydrogen-bond acceptors (Lipinski definition) is 5. The second kappa shape index (κ2) is 8.76. The topological polar surface area (TPSA) is 78.3 Å². The molecule has 0 unspecified atom stereocenters. The maximum atomic E-state index is 12.4. The highest BCUT2D eigenvalue weighted by atomic mass is 35.5. The van der Waals surface area contributed by atoms with Crippen LogP contribution >= 0.6 is 11.6 Å². The van der Waals surface area contributed by atoms with E-state index in [1.807, 2.05) is 48.5 Å². The number of halogens is 1. The van der Waals surface area contributed by atoms with Gasteiger partial charge in [0.2, 0.25) is 0 Å². The van der Waals surface area contributed by atoms with Gasteiger partial charge in [-0.15, -0.1) is 0 Å². The van der Waals surface area contributed by atoms with Gasteiger partial charge in [0.1, 0.15) is 17.2 Å². The molecule has 8 heteroatoms. The number of carbonyl (C=O) groups is 1. The number of pyridine rings is 1. The largest absolute Gasteiger partial charge is 0.495 e. The molecule has 0 N–H and O–H groups in total. The van der Waals surface area contributed by atoms with E-state index in [1.165, 1.54) is 6.07 Å². The number of carbonyl (C=O) groups excluding carboxylic acids is 1. The van der Waals surface area contributed by atoms with Crippen molar-refractivity contribution in [3.63, 3.8) is 0 Å². The number of hydrogen-bond donors (Lipinski definition) is 0. The van der Waals surface area contributed by atoms with Crippen molar-refractivity contribution in [3.05, 3.63) is 83.1 Å². The fraction of sp³-hybridized carbons (Fsp3) is 0.167. The second-order valence-corrected chi connectivity index (χ2v) is 10.1. The summed E-state index contributed by atoms with van der Waals surface area (Å²) < 4.78 is 30.5. The molecule has 2 heterocycles. The standard InChI is InChI=1S/C24H21ClN2O4S/c1-31-24-12-17-11-21(16-7-4-3-5-8-16)27(22(17)13-19(24)25)14-18-9-6-10-20(26-18)23(28)15-32(2,29)30/h3-13H,14-15H2,1-2H3. The van der Waals surface area contributed by atoms with Crippen molar-refractivity contribution >= 4 is 38.1 Å². The zero-order chi connectivity index (χ0) is 22.9. The first kappa shape index (κ1) is 22.0. The smallest absolute Gasteiger partial charge is 0.196 e. The van der Waals surface area contributed by atoms with Crippen molar-refractivity contribution in [2.24, 2.45) is 0 Å². The van der Waals surface area contributed by atoms with Gasteiger partial charge in [-0.25, -0.2) is 13.4 Å². The Morgan fingerprint density at radius 2 is 1.81 bits per heavy atom. The first-order valence-corrected chi connectivity index (χ1v) is 12.3. The summed E-state index contributed by atoms with van der Waals surface area (Å²) in [7, 11) is -1.86. The first-order valence-electron chi connectivity index (χ1n) is 9.84. The van der Waals surface area contributed by atoms with E-state index in [-0.39, 0.29) is 5.69 Å². The number of Topliss-reactive ketones (excluding diaryl/α,β-unsaturated/α-hetero) is 1. The number of sulfone groups is 1. The highest BCUT2D eigenvalue weighted by Gasteiger charge is 2.17. The van der Waals surface area contributed by atoms with Gasteiger partial charge < -0.3 is 9.30 Å². The van der Waals surface area contributed by atoms with Crippen molar-refractivity contribution in [2.75, 3.05) is 19.1 Å². The number of fused-ring (bicyclic) bond motifs is 1. The number of aromatic nitrogens is 2. The maximum absolute atomic E-state index is 12.4. The van der Waals surface area contributed by atoms with Gasteiger partial charge in [-0.2, -0.15) is 0 Å². The minimum absolute atomic E-state index is 0.130. The van der Waals surface area contributed by atoms with Crippen molar-refractivity contribution < 1.29 is 17.9 Å². The van der Waals surface area contributed by atoms with Gasteiger partial charge in [0, 0.05) is 17.3 Å². The van der Waals surface area contributed by atoms with Crippen LogP contribution in [-0.2, 0) is 16.4 Å². The summed E-state index contributed by atoms with van der Waals surface area (Å²) in [6.45, 7) is 0.371. The van der Waals surface area contributed by atoms with Gasteiger partial charge in [-0.1, -0.05) is 48.0 Å². The maximum Gasteiger partial charge on any atom is 0.196 e. The van der Waals surface area contributed by atoms with Crippen LogP contribution in [0.25, 0.3) is 22.2 Å². The van der Waals surface area contributed by atoms with Crippen LogP contribution in [-0.4, -0.2) is 42.9 Å². The number of methoxy groups -OCH3 is 1. The Kier molecular flexibility index (Phi) is 6.04. The van der Waals surface area contributed by atoms with Crippen molar-refractivity contribution in [2.45, 2.75) is 6.54 Å². The minimum atomic E-state index is -3.44. The number of ketones is 1. The molecule has 2 aromatic carbocycles. The summed E-state index contributed by atoms with van der Waals surface area (Å²) in [5.74, 6) is -0.509. The molecule has 4 aromatic rings. The molecule has 0 aliphatic heterocycles. The highest BCUT2D eigenvalue weighted by molar-refractivity contribution is 7.91. The van der Waals surface area contributed by atoms with E-state index < -0.39 is 21.4 Å². The molecule has 0 aliphatic rings. The molecule has 0 saturated heterocycles. The normalized spacial score (nSPS) is 11.6. The SMILES string of the molecule is COc1cc2cc(-c3ccccc3)n(Cc3cccc(C(=O)CS(C)(=O)=O)n3)c2cc1Cl. The van der Waals surface area contributed by atoms with Gasteiger partial charge >= 0.3 is 0 Å². The molecule has 0 saturated carbocycles. The van der Waals surface area contributed by atoms with Crippen LogP contribution in [0.3, 0.4) is 0 Å². The quantitative estimate of drug-likeness (QED) is 0.369. The molecule has 0 radical (unpaired) electrons. The lowest BCUT2D eigenvalue weighted by Crippen LogP contribution is -2.16. The van der Waals surface area contributed by atoms with E-state index >= 15 is 0 Å². The molecule has 0 atom stereocenters. The zero-order valence-electron chi connectivity index (χ0n) is 17.6. The molecule has 6 nitrogen and oxygen atoms in total. The zero-order valence-corrected chi connectivity index (χ0v) is 19.2. The van der Waals surface area contributed by atoms with E-state index in [0.29, 0.717) is 23.0 Å². The predicted octanol–water partition coefficient (Wildman–Crippen LogP) is 4.64. The van der Waals surface area contributed by atoms with Crippen LogP contribution in [0, 0.1) is 0 Å². The summed E-state index contributed by atoms with van der Waals surface area (Å²) in [6.07, 6.45) is 1.03. The number of benzene rings is 2. The highest BCUT2D eigenvalue weighted by Crippen LogP contribution is 2.35. The van der Waals surface area contributed by atoms with Gasteiger partial charge in [0.25, 0.3) is 0 Å². The third-order valence-electron chi connectivity index (χ3n) is 5.05. The van der Waals surface area contributed by atoms with Gasteiger partial charge in [0.05, 0.1) is 29.9 Å². The van der Waals surface area contributed by atoms with Crippen LogP contribution in [0.2, 0.25) is 5.02 Å². The molecular weight excluding hydrogens is 448 g/mol. The van der Waals surface area contributed by atoms with Crippen molar-refractivity contribution in [1.82, 2.24) is 9.55 Å². The summed E-state index contributed by atoms with van der Waals surface area (Å²) in [5.41, 5.74) is 3.63. The van der Waals surface area contributed by atoms with E-state index in [4.69, 9.17) is 16.3 Å². The van der Waals surface area contributed by atoms with Crippen LogP contribution < -0.4 is 4.74 Å². The van der Waals surface area contributed by atoms with Crippen LogP contribution in [0.15, 0.2) is 66.7 Å². The van der Waals surface area contributed by atoms with Gasteiger partial charge in [-0.05, 0) is 35.9 Å². The molecule has 0 bridgehead atoms. The lowest BCUT2D eigenvalue weighted by molar-refractivity contribution is 0.101. The lowest BCUT2D eigenvalue weighted by Gasteiger charge is -2.12. The third-order valence-corrected chi connectivity index (χ3v) is 6.13. The molecular formula is C24H21ClN2O4S. The molecule has 0 amide bonds. The van der Waals surface area contributed by atoms with E-state index in [2.05, 4.69) is 15.6 Å². The molecule has 2 aromatic heterocycles. The van der Waals surface area contributed by atoms with E-state index in [1.54, 1.807) is 13.2 Å². The molecule has 32 heavy (non-hydrogen) atoms. The number of ether oxygens (including phenoxy) is 1. The fourth-order valence-electron chi connectivity index (χ4n) is 3.63. The Balaban J connectivity index is 1.81. The van der Waals surface area contributed by atoms with E-state index in [0.717, 1.165) is 28.4 Å². The summed E-state index contributed by atoms with van der Waals surface area (Å²) >= 11 is 6.41. The fourth-order valence-corrected chi connectivity index (χ4v) is 4.49. The predicted molar refractivity (Wildman–Crippen MR) is 126 cm³/mol. The Labute approximate surface area is 191 Å². The van der Waals surface area contributed by atoms with E-state index in [9.17, 15) is 13.2 Å². The Morgan fingerprint density at radius 3 is 2.50 bits per heavy atom. The number of rotatable bonds is 7. The molecule has 0 spiro atoms. The molecule has 0 fully saturated rings. The van der Waals surface area contributed by atoms with Crippen LogP contribution in [0.4, 0.5) is 0 Å². The third kappa shape index (κ3) is 4.69. The Morgan fingerprint density at radius 1 is 1.06 bits per heavy atom. The van der Waals surface area contributed by atoms with Crippen LogP contribution in [0.1, 0.15) is 16.2 Å². The Bertz CT molecular complexity index is 1410. The summed E-state index contributed by atoms with van der Waals surface area (Å²) in [6, 6.07) is 20.8. The minimum Gasteiger partial charge on any atom is -0.495 e. The molecule has 0 aliphatic carbocycles. The first-order chi connectivity index (χ1) is 15.2. The lowest BCUT2D eigenvalue weighted by atomic mass is 10.1. The van der Waals surface area contributed by atoms with Crippen LogP contribution in [0.5, 0.6) is 5.75 Å². The van der Waals surface area contributed by atoms with Gasteiger partial charge in [0.15, 0.2) is 15.6 Å². The molecule has 164 valence electrons. The average Bonchev–Trinajstić information content (AvgIpc) is 3.10. The number of nitrogens with zero attached hydrogens (tertiary/aromatic N) is 2. The Hall–Kier alpha value is -3.16. The summed E-state index contributed by atoms with van der Waals surface area (Å²) in [5, 5.41) is 1.44. The van der Waals surface area contributed by atoms with Crippen molar-refractivity contribution in [3.8, 4) is 17.0 Å². The average molecular weight is 469 g/mol. The molecule has 4 rings (SSSR count). The second-order valence-electron chi connectivity index (χ2n) is 7.53. The van der Waals surface area contributed by atoms with Gasteiger partial charge in [-0.3, -0.25) is 4.79 Å². The van der Waals surface area contributed by atoms with Crippen molar-refractivity contribution in [1.29, 1.82) is 0 Å². The monoisotopic (exact) mass is 468 g/mol.